The molecule has 2 aliphatic carbocycles. The molecule has 2 aliphatic heterocycles. The van der Waals surface area contributed by atoms with Crippen molar-refractivity contribution in [1.82, 2.24) is 24.6 Å². The lowest BCUT2D eigenvalue weighted by atomic mass is 9.78. The van der Waals surface area contributed by atoms with E-state index in [-0.39, 0.29) is 30.5 Å². The Morgan fingerprint density at radius 1 is 1.00 bits per heavy atom. The summed E-state index contributed by atoms with van der Waals surface area (Å²) in [6.07, 6.45) is -2.28. The van der Waals surface area contributed by atoms with Gasteiger partial charge in [0.2, 0.25) is 5.91 Å². The van der Waals surface area contributed by atoms with Gasteiger partial charge in [0.1, 0.15) is 5.69 Å². The third-order valence-corrected chi connectivity index (χ3v) is 9.70. The molecule has 3 atom stereocenters. The Labute approximate surface area is 228 Å². The van der Waals surface area contributed by atoms with Crippen molar-refractivity contribution in [3.05, 3.63) is 46.5 Å². The van der Waals surface area contributed by atoms with E-state index < -0.39 is 29.0 Å². The second-order valence-corrected chi connectivity index (χ2v) is 12.0. The Bertz CT molecular complexity index is 1280. The Hall–Kier alpha value is -2.63. The molecule has 6 nitrogen and oxygen atoms in total. The quantitative estimate of drug-likeness (QED) is 0.439. The number of aromatic nitrogens is 3. The number of likely N-dealkylation sites (tertiary alicyclic amines) is 1. The van der Waals surface area contributed by atoms with Crippen LogP contribution in [0, 0.1) is 18.3 Å². The second-order valence-electron chi connectivity index (χ2n) is 12.0. The molecular weight excluding hydrogens is 536 g/mol. The van der Waals surface area contributed by atoms with Gasteiger partial charge < -0.3 is 9.80 Å². The molecule has 1 amide bonds. The third-order valence-electron chi connectivity index (χ3n) is 9.70. The van der Waals surface area contributed by atoms with E-state index in [9.17, 15) is 31.1 Å². The molecule has 2 saturated carbocycles. The molecule has 0 N–H and O–H groups in total. The van der Waals surface area contributed by atoms with Gasteiger partial charge in [0, 0.05) is 50.5 Å². The van der Waals surface area contributed by atoms with Crippen LogP contribution in [-0.2, 0) is 30.1 Å². The van der Waals surface area contributed by atoms with Crippen LogP contribution in [0.4, 0.5) is 26.3 Å². The first kappa shape index (κ1) is 27.5. The molecule has 218 valence electrons. The number of rotatable bonds is 3. The SMILES string of the molecule is Cc1cc(C(F)(F)F)n(C2CCN([C@@H]3C[C@H]4CCC[C@@]4(C(=O)N4CCc5ncc(C(F)(F)F)cc5C4)C3)CC2)n1. The van der Waals surface area contributed by atoms with Crippen molar-refractivity contribution < 1.29 is 31.1 Å². The smallest absolute Gasteiger partial charge is 0.337 e. The second kappa shape index (κ2) is 9.73. The summed E-state index contributed by atoms with van der Waals surface area (Å²) >= 11 is 0. The van der Waals surface area contributed by atoms with Gasteiger partial charge in [-0.05, 0) is 69.1 Å². The molecule has 4 heterocycles. The highest BCUT2D eigenvalue weighted by Gasteiger charge is 2.57. The average molecular weight is 570 g/mol. The maximum absolute atomic E-state index is 14.0. The van der Waals surface area contributed by atoms with E-state index >= 15 is 0 Å². The summed E-state index contributed by atoms with van der Waals surface area (Å²) in [5.41, 5.74) is -0.589. The van der Waals surface area contributed by atoms with Crippen molar-refractivity contribution in [2.45, 2.75) is 89.3 Å². The first-order valence-corrected chi connectivity index (χ1v) is 14.1. The molecule has 6 rings (SSSR count). The van der Waals surface area contributed by atoms with Crippen LogP contribution in [0.1, 0.15) is 79.2 Å². The van der Waals surface area contributed by atoms with Gasteiger partial charge in [-0.2, -0.15) is 31.4 Å². The van der Waals surface area contributed by atoms with E-state index in [4.69, 9.17) is 0 Å². The van der Waals surface area contributed by atoms with Crippen LogP contribution in [0.5, 0.6) is 0 Å². The van der Waals surface area contributed by atoms with Gasteiger partial charge >= 0.3 is 12.4 Å². The fourth-order valence-electron chi connectivity index (χ4n) is 7.81. The van der Waals surface area contributed by atoms with E-state index in [1.807, 2.05) is 0 Å². The van der Waals surface area contributed by atoms with Crippen molar-refractivity contribution in [2.75, 3.05) is 19.6 Å². The minimum Gasteiger partial charge on any atom is -0.337 e. The summed E-state index contributed by atoms with van der Waals surface area (Å²) in [6, 6.07) is 2.08. The lowest BCUT2D eigenvalue weighted by Gasteiger charge is -2.39. The monoisotopic (exact) mass is 569 g/mol. The molecule has 0 aromatic carbocycles. The van der Waals surface area contributed by atoms with Crippen molar-refractivity contribution in [3.63, 3.8) is 0 Å². The van der Waals surface area contributed by atoms with Gasteiger partial charge in [0.05, 0.1) is 22.7 Å². The van der Waals surface area contributed by atoms with Gasteiger partial charge in [-0.3, -0.25) is 14.5 Å². The molecule has 2 aromatic rings. The zero-order valence-electron chi connectivity index (χ0n) is 22.4. The number of nitrogens with zero attached hydrogens (tertiary/aromatic N) is 5. The summed E-state index contributed by atoms with van der Waals surface area (Å²) in [6.45, 7) is 3.44. The normalized spacial score (nSPS) is 28.1. The Kier molecular flexibility index (Phi) is 6.70. The highest BCUT2D eigenvalue weighted by Crippen LogP contribution is 2.57. The number of pyridine rings is 1. The van der Waals surface area contributed by atoms with Crippen LogP contribution in [0.3, 0.4) is 0 Å². The van der Waals surface area contributed by atoms with E-state index in [0.29, 0.717) is 62.3 Å². The first-order chi connectivity index (χ1) is 18.8. The van der Waals surface area contributed by atoms with Gasteiger partial charge in [-0.1, -0.05) is 6.42 Å². The van der Waals surface area contributed by atoms with Crippen LogP contribution in [0.25, 0.3) is 0 Å². The molecule has 1 saturated heterocycles. The zero-order chi connectivity index (χ0) is 28.4. The fraction of sp³-hybridized carbons (Fsp3) is 0.679. The van der Waals surface area contributed by atoms with Crippen LogP contribution in [0.15, 0.2) is 18.3 Å². The highest BCUT2D eigenvalue weighted by molar-refractivity contribution is 5.84. The fourth-order valence-corrected chi connectivity index (χ4v) is 7.81. The largest absolute Gasteiger partial charge is 0.433 e. The molecule has 0 bridgehead atoms. The average Bonchev–Trinajstić information content (AvgIpc) is 3.60. The number of carbonyl (C=O) groups excluding carboxylic acids is 1. The Balaban J connectivity index is 1.14. The lowest BCUT2D eigenvalue weighted by Crippen LogP contribution is -2.47. The first-order valence-electron chi connectivity index (χ1n) is 14.1. The summed E-state index contributed by atoms with van der Waals surface area (Å²) in [5, 5.41) is 4.15. The summed E-state index contributed by atoms with van der Waals surface area (Å²) in [7, 11) is 0. The molecule has 0 radical (unpaired) electrons. The summed E-state index contributed by atoms with van der Waals surface area (Å²) in [5.74, 6) is 0.256. The molecule has 0 unspecified atom stereocenters. The molecule has 3 fully saturated rings. The van der Waals surface area contributed by atoms with Crippen LogP contribution < -0.4 is 0 Å². The van der Waals surface area contributed by atoms with E-state index in [1.54, 1.807) is 11.8 Å². The summed E-state index contributed by atoms with van der Waals surface area (Å²) in [4.78, 5) is 22.1. The number of carbonyl (C=O) groups is 1. The predicted molar refractivity (Wildman–Crippen MR) is 133 cm³/mol. The van der Waals surface area contributed by atoms with Gasteiger partial charge in [0.25, 0.3) is 0 Å². The molecular formula is C28H33F6N5O. The van der Waals surface area contributed by atoms with Gasteiger partial charge in [0.15, 0.2) is 0 Å². The third kappa shape index (κ3) is 4.79. The number of halogens is 6. The Morgan fingerprint density at radius 3 is 2.45 bits per heavy atom. The molecule has 12 heteroatoms. The number of alkyl halides is 6. The lowest BCUT2D eigenvalue weighted by molar-refractivity contribution is -0.145. The number of hydrogen-bond acceptors (Lipinski definition) is 4. The number of fused-ring (bicyclic) bond motifs is 2. The minimum absolute atomic E-state index is 0.0392. The van der Waals surface area contributed by atoms with Gasteiger partial charge in [-0.25, -0.2) is 0 Å². The van der Waals surface area contributed by atoms with E-state index in [0.717, 1.165) is 48.7 Å². The zero-order valence-corrected chi connectivity index (χ0v) is 22.4. The topological polar surface area (TPSA) is 54.3 Å². The predicted octanol–water partition coefficient (Wildman–Crippen LogP) is 5.79. The van der Waals surface area contributed by atoms with E-state index in [1.165, 1.54) is 0 Å². The number of hydrogen-bond donors (Lipinski definition) is 0. The molecule has 0 spiro atoms. The Morgan fingerprint density at radius 2 is 1.75 bits per heavy atom. The maximum atomic E-state index is 14.0. The van der Waals surface area contributed by atoms with Gasteiger partial charge in [-0.15, -0.1) is 0 Å². The van der Waals surface area contributed by atoms with Crippen molar-refractivity contribution in [1.29, 1.82) is 0 Å². The number of piperidine rings is 1. The van der Waals surface area contributed by atoms with Crippen molar-refractivity contribution in [2.24, 2.45) is 11.3 Å². The summed E-state index contributed by atoms with van der Waals surface area (Å²) < 4.78 is 81.6. The minimum atomic E-state index is -4.49. The van der Waals surface area contributed by atoms with Crippen LogP contribution >= 0.6 is 0 Å². The van der Waals surface area contributed by atoms with Crippen molar-refractivity contribution in [3.8, 4) is 0 Å². The number of aryl methyl sites for hydroxylation is 1. The maximum Gasteiger partial charge on any atom is 0.433 e. The van der Waals surface area contributed by atoms with Crippen LogP contribution in [0.2, 0.25) is 0 Å². The number of amides is 1. The van der Waals surface area contributed by atoms with E-state index in [2.05, 4.69) is 15.0 Å². The van der Waals surface area contributed by atoms with Crippen LogP contribution in [-0.4, -0.2) is 56.1 Å². The molecule has 2 aromatic heterocycles. The molecule has 40 heavy (non-hydrogen) atoms. The standard InChI is InChI=1S/C28H33F6N5O/c1-17-11-24(28(32,33)34)39(36-17)21-4-8-37(9-5-21)22-13-19-3-2-7-26(19,14-22)25(40)38-10-6-23-18(16-38)12-20(15-35-23)27(29,30)31/h11-12,15,19,21-22H,2-10,13-14,16H2,1H3/t19-,22-,26-/m1/s1. The van der Waals surface area contributed by atoms with Crippen molar-refractivity contribution >= 4 is 5.91 Å². The highest BCUT2D eigenvalue weighted by atomic mass is 19.4. The molecule has 4 aliphatic rings.